The van der Waals surface area contributed by atoms with Crippen LogP contribution in [-0.2, 0) is 19.4 Å². The first-order valence-electron chi connectivity index (χ1n) is 8.91. The van der Waals surface area contributed by atoms with Gasteiger partial charge in [0.15, 0.2) is 0 Å². The highest BCUT2D eigenvalue weighted by Crippen LogP contribution is 2.25. The lowest BCUT2D eigenvalue weighted by molar-refractivity contribution is 0.0949. The van der Waals surface area contributed by atoms with Gasteiger partial charge in [0.1, 0.15) is 11.6 Å². The molecule has 1 aliphatic rings. The Kier molecular flexibility index (Phi) is 4.52. The number of fused-ring (bicyclic) bond motifs is 1. The van der Waals surface area contributed by atoms with Crippen LogP contribution in [0.1, 0.15) is 40.4 Å². The van der Waals surface area contributed by atoms with E-state index in [1.807, 2.05) is 18.2 Å². The van der Waals surface area contributed by atoms with E-state index in [4.69, 9.17) is 4.98 Å². The van der Waals surface area contributed by atoms with Gasteiger partial charge in [-0.1, -0.05) is 24.3 Å². The van der Waals surface area contributed by atoms with Crippen LogP contribution >= 0.6 is 0 Å². The number of nitrogens with zero attached hydrogens (tertiary/aromatic N) is 2. The molecule has 2 aromatic carbocycles. The molecule has 1 aliphatic carbocycles. The maximum absolute atomic E-state index is 13.3. The van der Waals surface area contributed by atoms with E-state index in [9.17, 15) is 9.18 Å². The molecule has 132 valence electrons. The van der Waals surface area contributed by atoms with Gasteiger partial charge in [0.25, 0.3) is 5.91 Å². The first kappa shape index (κ1) is 16.5. The minimum Gasteiger partial charge on any atom is -0.345 e. The van der Waals surface area contributed by atoms with Crippen LogP contribution in [-0.4, -0.2) is 15.5 Å². The van der Waals surface area contributed by atoms with Crippen molar-refractivity contribution in [1.29, 1.82) is 0 Å². The number of halogens is 1. The summed E-state index contributed by atoms with van der Waals surface area (Å²) in [5, 5.41) is 2.87. The fraction of sp³-hybridized carbons (Fsp3) is 0.238. The normalized spacial score (nSPS) is 13.3. The Morgan fingerprint density at radius 1 is 1.08 bits per heavy atom. The largest absolute Gasteiger partial charge is 0.345 e. The highest BCUT2D eigenvalue weighted by molar-refractivity contribution is 5.94. The number of benzene rings is 2. The molecular formula is C21H20FN3O. The third-order valence-corrected chi connectivity index (χ3v) is 4.71. The highest BCUT2D eigenvalue weighted by atomic mass is 19.1. The number of hydrogen-bond donors (Lipinski definition) is 1. The number of imidazole rings is 1. The van der Waals surface area contributed by atoms with Crippen LogP contribution in [0.3, 0.4) is 0 Å². The third-order valence-electron chi connectivity index (χ3n) is 4.71. The summed E-state index contributed by atoms with van der Waals surface area (Å²) in [7, 11) is 0. The molecule has 0 bridgehead atoms. The summed E-state index contributed by atoms with van der Waals surface area (Å²) < 4.78 is 15.5. The van der Waals surface area contributed by atoms with E-state index in [0.29, 0.717) is 12.1 Å². The van der Waals surface area contributed by atoms with E-state index >= 15 is 0 Å². The highest BCUT2D eigenvalue weighted by Gasteiger charge is 2.21. The second-order valence-electron chi connectivity index (χ2n) is 6.49. The maximum Gasteiger partial charge on any atom is 0.251 e. The van der Waals surface area contributed by atoms with Crippen molar-refractivity contribution in [2.45, 2.75) is 32.2 Å². The zero-order valence-corrected chi connectivity index (χ0v) is 14.4. The Balaban J connectivity index is 1.62. The predicted octanol–water partition coefficient (Wildman–Crippen LogP) is 3.82. The van der Waals surface area contributed by atoms with E-state index < -0.39 is 5.82 Å². The molecule has 4 nitrogen and oxygen atoms in total. The van der Waals surface area contributed by atoms with Gasteiger partial charge in [-0.3, -0.25) is 9.36 Å². The van der Waals surface area contributed by atoms with E-state index in [2.05, 4.69) is 22.0 Å². The molecule has 0 fully saturated rings. The molecule has 4 rings (SSSR count). The Labute approximate surface area is 151 Å². The van der Waals surface area contributed by atoms with Crippen molar-refractivity contribution < 1.29 is 9.18 Å². The fourth-order valence-electron chi connectivity index (χ4n) is 3.49. The van der Waals surface area contributed by atoms with Crippen molar-refractivity contribution in [3.8, 4) is 5.69 Å². The predicted molar refractivity (Wildman–Crippen MR) is 97.8 cm³/mol. The first-order chi connectivity index (χ1) is 12.7. The summed E-state index contributed by atoms with van der Waals surface area (Å²) in [4.78, 5) is 17.1. The van der Waals surface area contributed by atoms with E-state index in [-0.39, 0.29) is 5.91 Å². The Morgan fingerprint density at radius 3 is 2.69 bits per heavy atom. The van der Waals surface area contributed by atoms with Gasteiger partial charge in [-0.2, -0.15) is 0 Å². The number of aryl methyl sites for hydroxylation is 1. The lowest BCUT2D eigenvalue weighted by Crippen LogP contribution is -2.24. The standard InChI is InChI=1S/C21H20FN3O/c22-16-8-6-7-15(13-16)21(26)23-14-20-24-18-11-4-5-12-19(18)25(20)17-9-2-1-3-10-17/h1-3,6-10,13H,4-5,11-12,14H2,(H,23,26). The number of para-hydroxylation sites is 1. The lowest BCUT2D eigenvalue weighted by Gasteiger charge is -2.15. The molecule has 1 N–H and O–H groups in total. The molecule has 0 atom stereocenters. The molecule has 5 heteroatoms. The number of carbonyl (C=O) groups is 1. The van der Waals surface area contributed by atoms with E-state index in [1.165, 1.54) is 23.9 Å². The summed E-state index contributed by atoms with van der Waals surface area (Å²) in [5.41, 5.74) is 3.72. The fourth-order valence-corrected chi connectivity index (χ4v) is 3.49. The van der Waals surface area contributed by atoms with Gasteiger partial charge in [0.05, 0.1) is 12.2 Å². The average Bonchev–Trinajstić information content (AvgIpc) is 3.05. The van der Waals surface area contributed by atoms with Crippen molar-refractivity contribution >= 4 is 5.91 Å². The molecule has 0 saturated heterocycles. The van der Waals surface area contributed by atoms with Gasteiger partial charge in [-0.25, -0.2) is 9.37 Å². The lowest BCUT2D eigenvalue weighted by atomic mass is 10.0. The molecule has 1 heterocycles. The topological polar surface area (TPSA) is 46.9 Å². The maximum atomic E-state index is 13.3. The van der Waals surface area contributed by atoms with Crippen LogP contribution in [0.5, 0.6) is 0 Å². The van der Waals surface area contributed by atoms with Crippen LogP contribution in [0, 0.1) is 5.82 Å². The minimum absolute atomic E-state index is 0.301. The molecule has 3 aromatic rings. The van der Waals surface area contributed by atoms with Gasteiger partial charge in [0, 0.05) is 16.9 Å². The third kappa shape index (κ3) is 3.25. The first-order valence-corrected chi connectivity index (χ1v) is 8.91. The molecular weight excluding hydrogens is 329 g/mol. The second kappa shape index (κ2) is 7.12. The van der Waals surface area contributed by atoms with Crippen molar-refractivity contribution in [2.75, 3.05) is 0 Å². The SMILES string of the molecule is O=C(NCc1nc2c(n1-c1ccccc1)CCCC2)c1cccc(F)c1. The van der Waals surface area contributed by atoms with Crippen molar-refractivity contribution in [2.24, 2.45) is 0 Å². The second-order valence-corrected chi connectivity index (χ2v) is 6.49. The van der Waals surface area contributed by atoms with Crippen LogP contribution in [0.15, 0.2) is 54.6 Å². The van der Waals surface area contributed by atoms with Crippen molar-refractivity contribution in [3.05, 3.63) is 83.2 Å². The van der Waals surface area contributed by atoms with Crippen molar-refractivity contribution in [1.82, 2.24) is 14.9 Å². The number of nitrogens with one attached hydrogen (secondary N) is 1. The smallest absolute Gasteiger partial charge is 0.251 e. The molecule has 0 unspecified atom stereocenters. The van der Waals surface area contributed by atoms with Crippen LogP contribution in [0.2, 0.25) is 0 Å². The quantitative estimate of drug-likeness (QED) is 0.778. The zero-order valence-electron chi connectivity index (χ0n) is 14.4. The van der Waals surface area contributed by atoms with Gasteiger partial charge < -0.3 is 5.32 Å². The summed E-state index contributed by atoms with van der Waals surface area (Å²) in [6.07, 6.45) is 4.27. The number of hydrogen-bond acceptors (Lipinski definition) is 2. The van der Waals surface area contributed by atoms with Gasteiger partial charge in [-0.05, 0) is 56.0 Å². The average molecular weight is 349 g/mol. The number of rotatable bonds is 4. The molecule has 26 heavy (non-hydrogen) atoms. The van der Waals surface area contributed by atoms with Crippen molar-refractivity contribution in [3.63, 3.8) is 0 Å². The Bertz CT molecular complexity index is 934. The minimum atomic E-state index is -0.418. The van der Waals surface area contributed by atoms with E-state index in [1.54, 1.807) is 6.07 Å². The van der Waals surface area contributed by atoms with Crippen LogP contribution in [0.4, 0.5) is 4.39 Å². The summed E-state index contributed by atoms with van der Waals surface area (Å²) in [5.74, 6) is 0.0943. The van der Waals surface area contributed by atoms with E-state index in [0.717, 1.165) is 42.9 Å². The number of aromatic nitrogens is 2. The van der Waals surface area contributed by atoms with Gasteiger partial charge >= 0.3 is 0 Å². The van der Waals surface area contributed by atoms with Crippen LogP contribution in [0.25, 0.3) is 5.69 Å². The summed E-state index contributed by atoms with van der Waals surface area (Å²) in [6, 6.07) is 15.8. The Hall–Kier alpha value is -2.95. The monoisotopic (exact) mass is 349 g/mol. The van der Waals surface area contributed by atoms with Crippen LogP contribution < -0.4 is 5.32 Å². The molecule has 1 amide bonds. The summed E-state index contributed by atoms with van der Waals surface area (Å²) in [6.45, 7) is 0.303. The zero-order chi connectivity index (χ0) is 17.9. The Morgan fingerprint density at radius 2 is 1.88 bits per heavy atom. The molecule has 1 aromatic heterocycles. The van der Waals surface area contributed by atoms with Gasteiger partial charge in [-0.15, -0.1) is 0 Å². The summed E-state index contributed by atoms with van der Waals surface area (Å²) >= 11 is 0. The van der Waals surface area contributed by atoms with Gasteiger partial charge in [0.2, 0.25) is 0 Å². The molecule has 0 saturated carbocycles. The molecule has 0 spiro atoms. The number of carbonyl (C=O) groups excluding carboxylic acids is 1. The molecule has 0 aliphatic heterocycles. The molecule has 0 radical (unpaired) electrons. The number of amides is 1.